The number of sulfonamides is 1. The largest absolute Gasteiger partial charge is 0.489 e. The summed E-state index contributed by atoms with van der Waals surface area (Å²) in [5.74, 6) is 2.30. The number of benzene rings is 2. The number of carbonyl (C=O) groups excluding carboxylic acids is 1. The van der Waals surface area contributed by atoms with Crippen molar-refractivity contribution >= 4 is 39.6 Å². The van der Waals surface area contributed by atoms with Gasteiger partial charge in [-0.15, -0.1) is 0 Å². The summed E-state index contributed by atoms with van der Waals surface area (Å²) in [5.41, 5.74) is 4.50. The molecule has 1 heterocycles. The summed E-state index contributed by atoms with van der Waals surface area (Å²) in [6.45, 7) is 1.50. The van der Waals surface area contributed by atoms with E-state index in [9.17, 15) is 13.2 Å². The van der Waals surface area contributed by atoms with Crippen molar-refractivity contribution in [3.05, 3.63) is 59.7 Å². The normalized spacial score (nSPS) is 14.4. The second kappa shape index (κ2) is 9.32. The zero-order valence-electron chi connectivity index (χ0n) is 16.2. The van der Waals surface area contributed by atoms with E-state index in [4.69, 9.17) is 4.74 Å². The van der Waals surface area contributed by atoms with E-state index in [0.717, 1.165) is 38.9 Å². The van der Waals surface area contributed by atoms with Gasteiger partial charge in [0.2, 0.25) is 10.0 Å². The Bertz CT molecular complexity index is 987. The van der Waals surface area contributed by atoms with Crippen LogP contribution in [0.5, 0.6) is 5.75 Å². The van der Waals surface area contributed by atoms with Crippen molar-refractivity contribution in [1.82, 2.24) is 5.43 Å². The van der Waals surface area contributed by atoms with E-state index >= 15 is 0 Å². The van der Waals surface area contributed by atoms with Crippen LogP contribution >= 0.6 is 11.8 Å². The van der Waals surface area contributed by atoms with Crippen molar-refractivity contribution in [2.45, 2.75) is 13.0 Å². The summed E-state index contributed by atoms with van der Waals surface area (Å²) in [6, 6.07) is 14.4. The number of rotatable bonds is 8. The number of carbonyl (C=O) groups is 1. The average Bonchev–Trinajstić information content (AvgIpc) is 2.63. The number of anilines is 1. The fourth-order valence-electron chi connectivity index (χ4n) is 2.63. The first kappa shape index (κ1) is 21.2. The fraction of sp³-hybridized carbons (Fsp3) is 0.300. The van der Waals surface area contributed by atoms with Gasteiger partial charge in [-0.3, -0.25) is 9.10 Å². The van der Waals surface area contributed by atoms with Crippen molar-refractivity contribution in [3.8, 4) is 5.75 Å². The monoisotopic (exact) mass is 433 g/mol. The molecule has 3 rings (SSSR count). The van der Waals surface area contributed by atoms with Gasteiger partial charge < -0.3 is 4.74 Å². The molecule has 1 N–H and O–H groups in total. The molecule has 0 saturated carbocycles. The van der Waals surface area contributed by atoms with E-state index in [1.807, 2.05) is 49.0 Å². The Labute approximate surface area is 175 Å². The summed E-state index contributed by atoms with van der Waals surface area (Å²) in [6.07, 6.45) is 2.85. The number of ether oxygens (including phenoxy) is 1. The van der Waals surface area contributed by atoms with Crippen molar-refractivity contribution in [2.75, 3.05) is 28.6 Å². The summed E-state index contributed by atoms with van der Waals surface area (Å²) in [4.78, 5) is 12.2. The lowest BCUT2D eigenvalue weighted by molar-refractivity contribution is -0.119. The number of aryl methyl sites for hydroxylation is 1. The molecule has 1 fully saturated rings. The van der Waals surface area contributed by atoms with E-state index < -0.39 is 15.9 Å². The minimum absolute atomic E-state index is 0.282. The third-order valence-electron chi connectivity index (χ3n) is 4.17. The lowest BCUT2D eigenvalue weighted by Gasteiger charge is -2.25. The van der Waals surface area contributed by atoms with Crippen molar-refractivity contribution in [2.24, 2.45) is 5.10 Å². The van der Waals surface area contributed by atoms with E-state index in [0.29, 0.717) is 5.69 Å². The summed E-state index contributed by atoms with van der Waals surface area (Å²) < 4.78 is 31.0. The van der Waals surface area contributed by atoms with Crippen LogP contribution in [0.25, 0.3) is 0 Å². The molecule has 29 heavy (non-hydrogen) atoms. The topological polar surface area (TPSA) is 88.1 Å². The van der Waals surface area contributed by atoms with Gasteiger partial charge >= 0.3 is 0 Å². The smallest absolute Gasteiger partial charge is 0.260 e. The van der Waals surface area contributed by atoms with E-state index in [2.05, 4.69) is 10.5 Å². The number of hydrazone groups is 1. The number of hydrogen-bond acceptors (Lipinski definition) is 6. The third-order valence-corrected chi connectivity index (χ3v) is 6.53. The highest BCUT2D eigenvalue weighted by molar-refractivity contribution is 8.00. The first-order valence-electron chi connectivity index (χ1n) is 9.02. The van der Waals surface area contributed by atoms with Crippen LogP contribution in [0.1, 0.15) is 11.1 Å². The van der Waals surface area contributed by atoms with Gasteiger partial charge in [0.05, 0.1) is 18.2 Å². The van der Waals surface area contributed by atoms with Crippen LogP contribution in [0.3, 0.4) is 0 Å². The summed E-state index contributed by atoms with van der Waals surface area (Å²) in [5, 5.41) is 3.92. The van der Waals surface area contributed by atoms with Crippen molar-refractivity contribution < 1.29 is 17.9 Å². The first-order chi connectivity index (χ1) is 13.8. The van der Waals surface area contributed by atoms with Gasteiger partial charge in [0.1, 0.15) is 18.4 Å². The minimum Gasteiger partial charge on any atom is -0.489 e. The summed E-state index contributed by atoms with van der Waals surface area (Å²) in [7, 11) is -3.61. The Morgan fingerprint density at radius 3 is 2.59 bits per heavy atom. The van der Waals surface area contributed by atoms with E-state index in [1.54, 1.807) is 18.2 Å². The van der Waals surface area contributed by atoms with Crippen LogP contribution < -0.4 is 14.5 Å². The molecule has 0 aromatic heterocycles. The molecule has 9 heteroatoms. The van der Waals surface area contributed by atoms with Crippen LogP contribution in [-0.2, 0) is 14.8 Å². The molecule has 2 aromatic rings. The van der Waals surface area contributed by atoms with Gasteiger partial charge in [0, 0.05) is 11.5 Å². The molecular weight excluding hydrogens is 410 g/mol. The van der Waals surface area contributed by atoms with Gasteiger partial charge in [-0.05, 0) is 54.4 Å². The van der Waals surface area contributed by atoms with Crippen LogP contribution in [0.4, 0.5) is 5.69 Å². The molecule has 7 nitrogen and oxygen atoms in total. The molecule has 0 atom stereocenters. The number of nitrogens with one attached hydrogen (secondary N) is 1. The van der Waals surface area contributed by atoms with Crippen LogP contribution in [0.15, 0.2) is 53.6 Å². The minimum atomic E-state index is -3.61. The van der Waals surface area contributed by atoms with Gasteiger partial charge in [-0.1, -0.05) is 12.1 Å². The Kier molecular flexibility index (Phi) is 6.81. The predicted molar refractivity (Wildman–Crippen MR) is 117 cm³/mol. The van der Waals surface area contributed by atoms with Crippen LogP contribution in [-0.4, -0.2) is 50.9 Å². The molecular formula is C20H23N3O4S2. The lowest BCUT2D eigenvalue weighted by Crippen LogP contribution is -2.39. The maximum absolute atomic E-state index is 12.2. The molecule has 0 radical (unpaired) electrons. The van der Waals surface area contributed by atoms with Crippen LogP contribution in [0.2, 0.25) is 0 Å². The Morgan fingerprint density at radius 1 is 1.28 bits per heavy atom. The summed E-state index contributed by atoms with van der Waals surface area (Å²) >= 11 is 1.86. The first-order valence-corrected chi connectivity index (χ1v) is 12.0. The quantitative estimate of drug-likeness (QED) is 0.510. The van der Waals surface area contributed by atoms with E-state index in [1.165, 1.54) is 6.21 Å². The maximum Gasteiger partial charge on any atom is 0.260 e. The Balaban J connectivity index is 1.57. The molecule has 0 unspecified atom stereocenters. The zero-order valence-corrected chi connectivity index (χ0v) is 17.9. The number of amides is 1. The highest BCUT2D eigenvalue weighted by atomic mass is 32.2. The van der Waals surface area contributed by atoms with E-state index in [-0.39, 0.29) is 12.6 Å². The SMILES string of the molecule is Cc1cccc(N(CC(=O)N/N=C\c2ccc(OC3CSC3)cc2)S(C)(=O)=O)c1. The maximum atomic E-state index is 12.2. The molecule has 2 aromatic carbocycles. The molecule has 0 aliphatic carbocycles. The van der Waals surface area contributed by atoms with Crippen LogP contribution in [0, 0.1) is 6.92 Å². The van der Waals surface area contributed by atoms with Gasteiger partial charge in [-0.2, -0.15) is 16.9 Å². The average molecular weight is 434 g/mol. The standard InChI is InChI=1S/C20H23N3O4S2/c1-15-4-3-5-17(10-15)23(29(2,25)26)12-20(24)22-21-11-16-6-8-18(9-7-16)27-19-13-28-14-19/h3-11,19H,12-14H2,1-2H3,(H,22,24)/b21-11-. The molecule has 0 spiro atoms. The fourth-order valence-corrected chi connectivity index (χ4v) is 4.05. The number of hydrogen-bond donors (Lipinski definition) is 1. The van der Waals surface area contributed by atoms with Crippen molar-refractivity contribution in [1.29, 1.82) is 0 Å². The molecule has 154 valence electrons. The van der Waals surface area contributed by atoms with Gasteiger partial charge in [-0.25, -0.2) is 13.8 Å². The lowest BCUT2D eigenvalue weighted by atomic mass is 10.2. The molecule has 1 amide bonds. The van der Waals surface area contributed by atoms with Gasteiger partial charge in [0.15, 0.2) is 0 Å². The molecule has 1 aliphatic rings. The Hall–Kier alpha value is -2.52. The molecule has 1 aliphatic heterocycles. The zero-order chi connectivity index (χ0) is 20.9. The van der Waals surface area contributed by atoms with Gasteiger partial charge in [0.25, 0.3) is 5.91 Å². The molecule has 0 bridgehead atoms. The molecule has 1 saturated heterocycles. The Morgan fingerprint density at radius 2 is 2.00 bits per heavy atom. The number of nitrogens with zero attached hydrogens (tertiary/aromatic N) is 2. The van der Waals surface area contributed by atoms with Crippen molar-refractivity contribution in [3.63, 3.8) is 0 Å². The predicted octanol–water partition coefficient (Wildman–Crippen LogP) is 2.41. The number of thioether (sulfide) groups is 1. The third kappa shape index (κ3) is 6.23. The highest BCUT2D eigenvalue weighted by Crippen LogP contribution is 2.23. The second-order valence-corrected chi connectivity index (χ2v) is 9.73. The second-order valence-electron chi connectivity index (χ2n) is 6.75. The highest BCUT2D eigenvalue weighted by Gasteiger charge is 2.21.